The summed E-state index contributed by atoms with van der Waals surface area (Å²) in [7, 11) is 0. The number of hydrogen-bond donors (Lipinski definition) is 0. The van der Waals surface area contributed by atoms with E-state index in [0.717, 1.165) is 9.13 Å². The Kier molecular flexibility index (Phi) is 7.17. The van der Waals surface area contributed by atoms with Gasteiger partial charge in [0, 0.05) is 10.6 Å². The molecule has 4 nitrogen and oxygen atoms in total. The van der Waals surface area contributed by atoms with E-state index in [2.05, 4.69) is 22.6 Å². The molecule has 0 amide bonds. The van der Waals surface area contributed by atoms with Gasteiger partial charge in [-0.1, -0.05) is 29.8 Å². The Bertz CT molecular complexity index is 718. The molecular formula is C18H18ClIO4. The third kappa shape index (κ3) is 4.77. The fourth-order valence-corrected chi connectivity index (χ4v) is 3.02. The zero-order chi connectivity index (χ0) is 17.5. The number of halogens is 2. The molecule has 0 saturated heterocycles. The molecule has 2 rings (SSSR count). The molecule has 6 heteroatoms. The fraction of sp³-hybridized carbons (Fsp3) is 0.278. The lowest BCUT2D eigenvalue weighted by Gasteiger charge is -2.15. The molecule has 128 valence electrons. The average molecular weight is 461 g/mol. The van der Waals surface area contributed by atoms with Gasteiger partial charge in [0.25, 0.3) is 0 Å². The molecule has 0 N–H and O–H groups in total. The van der Waals surface area contributed by atoms with Crippen molar-refractivity contribution in [2.24, 2.45) is 0 Å². The number of hydrogen-bond acceptors (Lipinski definition) is 4. The summed E-state index contributed by atoms with van der Waals surface area (Å²) in [5.41, 5.74) is 1.32. The van der Waals surface area contributed by atoms with E-state index in [-0.39, 0.29) is 5.97 Å². The number of carbonyl (C=O) groups is 1. The first kappa shape index (κ1) is 18.9. The molecule has 0 atom stereocenters. The third-order valence-electron chi connectivity index (χ3n) is 3.15. The van der Waals surface area contributed by atoms with Gasteiger partial charge in [0.2, 0.25) is 0 Å². The van der Waals surface area contributed by atoms with Gasteiger partial charge in [-0.05, 0) is 54.6 Å². The lowest BCUT2D eigenvalue weighted by Crippen LogP contribution is -2.08. The molecule has 0 aromatic heterocycles. The van der Waals surface area contributed by atoms with Crippen LogP contribution in [0.5, 0.6) is 11.5 Å². The first-order chi connectivity index (χ1) is 11.6. The van der Waals surface area contributed by atoms with Crippen molar-refractivity contribution in [1.29, 1.82) is 0 Å². The van der Waals surface area contributed by atoms with Crippen molar-refractivity contribution in [3.63, 3.8) is 0 Å². The van der Waals surface area contributed by atoms with Gasteiger partial charge in [0.1, 0.15) is 6.61 Å². The van der Waals surface area contributed by atoms with Crippen molar-refractivity contribution in [1.82, 2.24) is 0 Å². The second-order valence-corrected chi connectivity index (χ2v) is 6.39. The van der Waals surface area contributed by atoms with Gasteiger partial charge in [-0.25, -0.2) is 4.79 Å². The van der Waals surface area contributed by atoms with Crippen molar-refractivity contribution in [3.05, 3.63) is 56.1 Å². The SMILES string of the molecule is CCOC(=O)c1cc(I)c(OCc2ccccc2Cl)c(OCC)c1. The fourth-order valence-electron chi connectivity index (χ4n) is 2.07. The van der Waals surface area contributed by atoms with Gasteiger partial charge in [-0.15, -0.1) is 0 Å². The van der Waals surface area contributed by atoms with Gasteiger partial charge in [-0.2, -0.15) is 0 Å². The van der Waals surface area contributed by atoms with Crippen LogP contribution in [-0.2, 0) is 11.3 Å². The van der Waals surface area contributed by atoms with E-state index >= 15 is 0 Å². The molecule has 2 aromatic carbocycles. The largest absolute Gasteiger partial charge is 0.490 e. The predicted octanol–water partition coefficient (Wildman–Crippen LogP) is 5.10. The van der Waals surface area contributed by atoms with Crippen LogP contribution in [0.2, 0.25) is 5.02 Å². The minimum Gasteiger partial charge on any atom is -0.490 e. The van der Waals surface area contributed by atoms with E-state index in [1.165, 1.54) is 0 Å². The van der Waals surface area contributed by atoms with Gasteiger partial charge in [0.05, 0.1) is 22.3 Å². The Morgan fingerprint density at radius 3 is 2.54 bits per heavy atom. The molecule has 0 bridgehead atoms. The number of rotatable bonds is 7. The van der Waals surface area contributed by atoms with Crippen molar-refractivity contribution < 1.29 is 19.0 Å². The van der Waals surface area contributed by atoms with Crippen LogP contribution in [0.25, 0.3) is 0 Å². The maximum atomic E-state index is 11.9. The van der Waals surface area contributed by atoms with E-state index in [9.17, 15) is 4.79 Å². The Balaban J connectivity index is 2.28. The van der Waals surface area contributed by atoms with Crippen LogP contribution in [-0.4, -0.2) is 19.2 Å². The minimum atomic E-state index is -0.381. The quantitative estimate of drug-likeness (QED) is 0.426. The number of benzene rings is 2. The molecule has 0 aliphatic heterocycles. The van der Waals surface area contributed by atoms with Crippen LogP contribution in [0.3, 0.4) is 0 Å². The second kappa shape index (κ2) is 9.13. The van der Waals surface area contributed by atoms with Crippen LogP contribution < -0.4 is 9.47 Å². The van der Waals surface area contributed by atoms with E-state index in [1.807, 2.05) is 31.2 Å². The summed E-state index contributed by atoms with van der Waals surface area (Å²) in [5, 5.41) is 0.647. The van der Waals surface area contributed by atoms with Gasteiger partial charge in [-0.3, -0.25) is 0 Å². The summed E-state index contributed by atoms with van der Waals surface area (Å²) < 4.78 is 17.4. The highest BCUT2D eigenvalue weighted by Crippen LogP contribution is 2.35. The van der Waals surface area contributed by atoms with Gasteiger partial charge >= 0.3 is 5.97 Å². The summed E-state index contributed by atoms with van der Waals surface area (Å²) in [4.78, 5) is 11.9. The monoisotopic (exact) mass is 460 g/mol. The summed E-state index contributed by atoms with van der Waals surface area (Å²) >= 11 is 8.28. The summed E-state index contributed by atoms with van der Waals surface area (Å²) in [6.07, 6.45) is 0. The zero-order valence-corrected chi connectivity index (χ0v) is 16.4. The molecule has 24 heavy (non-hydrogen) atoms. The Morgan fingerprint density at radius 2 is 1.88 bits per heavy atom. The molecule has 0 saturated carbocycles. The Labute approximate surface area is 160 Å². The van der Waals surface area contributed by atoms with Crippen LogP contribution in [0.15, 0.2) is 36.4 Å². The van der Waals surface area contributed by atoms with Crippen molar-refractivity contribution in [3.8, 4) is 11.5 Å². The van der Waals surface area contributed by atoms with Crippen LogP contribution in [0.4, 0.5) is 0 Å². The average Bonchev–Trinajstić information content (AvgIpc) is 2.56. The molecule has 0 heterocycles. The maximum absolute atomic E-state index is 11.9. The highest BCUT2D eigenvalue weighted by atomic mass is 127. The third-order valence-corrected chi connectivity index (χ3v) is 4.32. The minimum absolute atomic E-state index is 0.314. The normalized spacial score (nSPS) is 10.3. The smallest absolute Gasteiger partial charge is 0.338 e. The lowest BCUT2D eigenvalue weighted by molar-refractivity contribution is 0.0525. The first-order valence-corrected chi connectivity index (χ1v) is 9.02. The van der Waals surface area contributed by atoms with E-state index < -0.39 is 0 Å². The highest BCUT2D eigenvalue weighted by molar-refractivity contribution is 14.1. The molecule has 0 fully saturated rings. The van der Waals surface area contributed by atoms with Gasteiger partial charge < -0.3 is 14.2 Å². The molecule has 0 aliphatic rings. The standard InChI is InChI=1S/C18H18ClIO4/c1-3-22-16-10-13(18(21)23-4-2)9-15(20)17(16)24-11-12-7-5-6-8-14(12)19/h5-10H,3-4,11H2,1-2H3. The molecule has 0 radical (unpaired) electrons. The Morgan fingerprint density at radius 1 is 1.12 bits per heavy atom. The van der Waals surface area contributed by atoms with E-state index in [1.54, 1.807) is 19.1 Å². The molecular weight excluding hydrogens is 443 g/mol. The molecule has 0 unspecified atom stereocenters. The van der Waals surface area contributed by atoms with Crippen LogP contribution >= 0.6 is 34.2 Å². The first-order valence-electron chi connectivity index (χ1n) is 7.56. The predicted molar refractivity (Wildman–Crippen MR) is 102 cm³/mol. The molecule has 0 spiro atoms. The second-order valence-electron chi connectivity index (χ2n) is 4.82. The van der Waals surface area contributed by atoms with E-state index in [4.69, 9.17) is 25.8 Å². The molecule has 2 aromatic rings. The van der Waals surface area contributed by atoms with Crippen LogP contribution in [0.1, 0.15) is 29.8 Å². The number of carbonyl (C=O) groups excluding carboxylic acids is 1. The molecule has 0 aliphatic carbocycles. The summed E-state index contributed by atoms with van der Waals surface area (Å²) in [5.74, 6) is 0.721. The highest BCUT2D eigenvalue weighted by Gasteiger charge is 2.17. The van der Waals surface area contributed by atoms with Crippen LogP contribution in [0, 0.1) is 3.57 Å². The number of ether oxygens (including phenoxy) is 3. The van der Waals surface area contributed by atoms with Crippen molar-refractivity contribution in [2.45, 2.75) is 20.5 Å². The number of esters is 1. The van der Waals surface area contributed by atoms with Gasteiger partial charge in [0.15, 0.2) is 11.5 Å². The zero-order valence-electron chi connectivity index (χ0n) is 13.5. The summed E-state index contributed by atoms with van der Waals surface area (Å²) in [6.45, 7) is 4.75. The topological polar surface area (TPSA) is 44.8 Å². The Hall–Kier alpha value is -1.47. The lowest BCUT2D eigenvalue weighted by atomic mass is 10.2. The maximum Gasteiger partial charge on any atom is 0.338 e. The van der Waals surface area contributed by atoms with Crippen molar-refractivity contribution in [2.75, 3.05) is 13.2 Å². The van der Waals surface area contributed by atoms with Crippen molar-refractivity contribution >= 4 is 40.2 Å². The van der Waals surface area contributed by atoms with E-state index in [0.29, 0.717) is 41.9 Å². The summed E-state index contributed by atoms with van der Waals surface area (Å²) in [6, 6.07) is 10.9.